The van der Waals surface area contributed by atoms with Crippen molar-refractivity contribution >= 4 is 5.78 Å². The number of Topliss-reactive ketones (excluding diaryl/α,β-unsaturated/α-hetero) is 1. The number of piperidine rings is 1. The maximum atomic E-state index is 13.1. The van der Waals surface area contributed by atoms with Crippen LogP contribution in [-0.2, 0) is 11.2 Å². The van der Waals surface area contributed by atoms with Gasteiger partial charge in [-0.25, -0.2) is 0 Å². The maximum absolute atomic E-state index is 13.1. The molecule has 0 radical (unpaired) electrons. The molecular formula is C26H37NO. The molecule has 5 atom stereocenters. The molecule has 0 N–H and O–H groups in total. The summed E-state index contributed by atoms with van der Waals surface area (Å²) in [7, 11) is 0. The van der Waals surface area contributed by atoms with Crippen molar-refractivity contribution in [2.75, 3.05) is 13.1 Å². The molecule has 1 aliphatic heterocycles. The minimum Gasteiger partial charge on any atom is -0.300 e. The number of likely N-dealkylation sites (tertiary alicyclic amines) is 1. The zero-order valence-corrected chi connectivity index (χ0v) is 17.4. The molecule has 0 unspecified atom stereocenters. The maximum Gasteiger partial charge on any atom is 0.136 e. The molecule has 0 bridgehead atoms. The van der Waals surface area contributed by atoms with E-state index in [2.05, 4.69) is 35.2 Å². The molecule has 0 spiro atoms. The van der Waals surface area contributed by atoms with Gasteiger partial charge in [0.2, 0.25) is 0 Å². The molecular weight excluding hydrogens is 342 g/mol. The van der Waals surface area contributed by atoms with E-state index < -0.39 is 0 Å². The van der Waals surface area contributed by atoms with E-state index in [-0.39, 0.29) is 5.92 Å². The Morgan fingerprint density at radius 1 is 0.893 bits per heavy atom. The second kappa shape index (κ2) is 8.30. The highest BCUT2D eigenvalue weighted by Crippen LogP contribution is 2.51. The molecule has 152 valence electrons. The monoisotopic (exact) mass is 379 g/mol. The number of rotatable bonds is 4. The Labute approximate surface area is 171 Å². The van der Waals surface area contributed by atoms with Gasteiger partial charge in [-0.3, -0.25) is 9.69 Å². The summed E-state index contributed by atoms with van der Waals surface area (Å²) in [5.74, 6) is 3.91. The molecule has 2 heteroatoms. The van der Waals surface area contributed by atoms with E-state index in [0.29, 0.717) is 17.6 Å². The summed E-state index contributed by atoms with van der Waals surface area (Å²) in [6.07, 6.45) is 14.4. The molecule has 28 heavy (non-hydrogen) atoms. The van der Waals surface area contributed by atoms with Crippen molar-refractivity contribution in [2.45, 2.75) is 76.7 Å². The lowest BCUT2D eigenvalue weighted by atomic mass is 9.55. The van der Waals surface area contributed by atoms with Crippen LogP contribution in [-0.4, -0.2) is 29.8 Å². The molecule has 1 saturated heterocycles. The number of ketones is 1. The van der Waals surface area contributed by atoms with Gasteiger partial charge in [0, 0.05) is 24.9 Å². The Morgan fingerprint density at radius 2 is 1.71 bits per heavy atom. The van der Waals surface area contributed by atoms with Crippen LogP contribution in [0.5, 0.6) is 0 Å². The number of carbonyl (C=O) groups is 1. The fourth-order valence-corrected chi connectivity index (χ4v) is 7.43. The second-order valence-electron chi connectivity index (χ2n) is 10.3. The highest BCUT2D eigenvalue weighted by molar-refractivity contribution is 5.83. The van der Waals surface area contributed by atoms with Crippen LogP contribution in [0.2, 0.25) is 0 Å². The Morgan fingerprint density at radius 3 is 2.54 bits per heavy atom. The normalized spacial score (nSPS) is 36.9. The predicted octanol–water partition coefficient (Wildman–Crippen LogP) is 5.51. The minimum atomic E-state index is 0.279. The Bertz CT molecular complexity index is 664. The fraction of sp³-hybridized carbons (Fsp3) is 0.731. The molecule has 4 fully saturated rings. The van der Waals surface area contributed by atoms with E-state index in [1.807, 2.05) is 0 Å². The van der Waals surface area contributed by atoms with Crippen LogP contribution in [0.15, 0.2) is 30.3 Å². The number of carbonyl (C=O) groups excluding carboxylic acids is 1. The minimum absolute atomic E-state index is 0.279. The summed E-state index contributed by atoms with van der Waals surface area (Å²) in [6.45, 7) is 2.60. The standard InChI is InChI=1S/C26H37NO/c28-25-17-21-14-15-27(18-20-10-5-2-6-11-20)24-13-7-12-22(26(21)24)23(25)16-19-8-3-1-4-9-19/h1,3-4,8-9,20-24,26H,2,5-7,10-18H2/t21-,22+,23+,24+,26+/m1/s1. The van der Waals surface area contributed by atoms with Gasteiger partial charge in [0.15, 0.2) is 0 Å². The summed E-state index contributed by atoms with van der Waals surface area (Å²) in [5, 5.41) is 0. The van der Waals surface area contributed by atoms with Crippen molar-refractivity contribution in [1.82, 2.24) is 4.90 Å². The van der Waals surface area contributed by atoms with Crippen LogP contribution < -0.4 is 0 Å². The van der Waals surface area contributed by atoms with Crippen LogP contribution in [0.25, 0.3) is 0 Å². The van der Waals surface area contributed by atoms with Gasteiger partial charge in [-0.1, -0.05) is 56.0 Å². The number of hydrogen-bond donors (Lipinski definition) is 0. The number of nitrogens with zero attached hydrogens (tertiary/aromatic N) is 1. The van der Waals surface area contributed by atoms with E-state index in [0.717, 1.165) is 30.7 Å². The van der Waals surface area contributed by atoms with Gasteiger partial charge in [-0.15, -0.1) is 0 Å². The van der Waals surface area contributed by atoms with Gasteiger partial charge in [-0.05, 0) is 74.3 Å². The molecule has 3 aliphatic carbocycles. The third kappa shape index (κ3) is 3.70. The van der Waals surface area contributed by atoms with E-state index >= 15 is 0 Å². The highest BCUT2D eigenvalue weighted by atomic mass is 16.1. The van der Waals surface area contributed by atoms with Crippen LogP contribution in [0.3, 0.4) is 0 Å². The highest BCUT2D eigenvalue weighted by Gasteiger charge is 2.51. The first-order valence-electron chi connectivity index (χ1n) is 12.1. The zero-order valence-electron chi connectivity index (χ0n) is 17.4. The summed E-state index contributed by atoms with van der Waals surface area (Å²) in [5.41, 5.74) is 1.36. The van der Waals surface area contributed by atoms with Gasteiger partial charge in [-0.2, -0.15) is 0 Å². The van der Waals surface area contributed by atoms with Crippen molar-refractivity contribution in [3.63, 3.8) is 0 Å². The molecule has 2 nitrogen and oxygen atoms in total. The molecule has 5 rings (SSSR count). The largest absolute Gasteiger partial charge is 0.300 e. The van der Waals surface area contributed by atoms with Gasteiger partial charge in [0.25, 0.3) is 0 Å². The lowest BCUT2D eigenvalue weighted by Crippen LogP contribution is -2.58. The topological polar surface area (TPSA) is 20.3 Å². The molecule has 4 aliphatic rings. The van der Waals surface area contributed by atoms with Crippen LogP contribution in [0.4, 0.5) is 0 Å². The average molecular weight is 380 g/mol. The van der Waals surface area contributed by atoms with Gasteiger partial charge < -0.3 is 0 Å². The van der Waals surface area contributed by atoms with Crippen molar-refractivity contribution in [3.8, 4) is 0 Å². The van der Waals surface area contributed by atoms with Crippen molar-refractivity contribution in [2.24, 2.45) is 29.6 Å². The molecule has 0 aromatic heterocycles. The Kier molecular flexibility index (Phi) is 5.59. The first-order valence-corrected chi connectivity index (χ1v) is 12.1. The summed E-state index contributed by atoms with van der Waals surface area (Å²) < 4.78 is 0. The van der Waals surface area contributed by atoms with Crippen LogP contribution in [0.1, 0.15) is 69.8 Å². The van der Waals surface area contributed by atoms with Crippen LogP contribution >= 0.6 is 0 Å². The van der Waals surface area contributed by atoms with E-state index in [1.165, 1.54) is 76.4 Å². The molecule has 1 aromatic rings. The lowest BCUT2D eigenvalue weighted by Gasteiger charge is -2.56. The van der Waals surface area contributed by atoms with Crippen molar-refractivity contribution in [3.05, 3.63) is 35.9 Å². The van der Waals surface area contributed by atoms with Gasteiger partial charge in [0.1, 0.15) is 5.78 Å². The van der Waals surface area contributed by atoms with E-state index in [4.69, 9.17) is 0 Å². The smallest absolute Gasteiger partial charge is 0.136 e. The molecule has 1 aromatic carbocycles. The first-order chi connectivity index (χ1) is 13.8. The second-order valence-corrected chi connectivity index (χ2v) is 10.3. The summed E-state index contributed by atoms with van der Waals surface area (Å²) in [4.78, 5) is 16.0. The summed E-state index contributed by atoms with van der Waals surface area (Å²) in [6, 6.07) is 11.5. The summed E-state index contributed by atoms with van der Waals surface area (Å²) >= 11 is 0. The quantitative estimate of drug-likeness (QED) is 0.688. The number of hydrogen-bond acceptors (Lipinski definition) is 2. The average Bonchev–Trinajstić information content (AvgIpc) is 2.74. The number of benzene rings is 1. The van der Waals surface area contributed by atoms with E-state index in [9.17, 15) is 4.79 Å². The third-order valence-corrected chi connectivity index (χ3v) is 8.69. The fourth-order valence-electron chi connectivity index (χ4n) is 7.43. The van der Waals surface area contributed by atoms with Crippen molar-refractivity contribution < 1.29 is 4.79 Å². The predicted molar refractivity (Wildman–Crippen MR) is 114 cm³/mol. The molecule has 1 heterocycles. The van der Waals surface area contributed by atoms with Gasteiger partial charge in [0.05, 0.1) is 0 Å². The lowest BCUT2D eigenvalue weighted by molar-refractivity contribution is -0.139. The zero-order chi connectivity index (χ0) is 18.9. The Hall–Kier alpha value is -1.15. The third-order valence-electron chi connectivity index (χ3n) is 8.69. The van der Waals surface area contributed by atoms with Crippen LogP contribution in [0, 0.1) is 29.6 Å². The Balaban J connectivity index is 1.34. The van der Waals surface area contributed by atoms with Crippen molar-refractivity contribution in [1.29, 1.82) is 0 Å². The SMILES string of the molecule is O=C1C[C@H]2CCN(CC3CCCCC3)[C@H]3CCC[C@H]([C@H]23)[C@@H]1Cc1ccccc1. The van der Waals surface area contributed by atoms with E-state index in [1.54, 1.807) is 0 Å². The first kappa shape index (κ1) is 18.9. The molecule has 0 amide bonds. The van der Waals surface area contributed by atoms with Gasteiger partial charge >= 0.3 is 0 Å². The molecule has 3 saturated carbocycles.